The first kappa shape index (κ1) is 15.8. The molecule has 0 atom stereocenters. The summed E-state index contributed by atoms with van der Waals surface area (Å²) in [6.07, 6.45) is 0. The molecule has 0 saturated carbocycles. The molecule has 0 amide bonds. The van der Waals surface area contributed by atoms with Gasteiger partial charge >= 0.3 is 0 Å². The summed E-state index contributed by atoms with van der Waals surface area (Å²) < 4.78 is 0. The minimum Gasteiger partial charge on any atom is -0.349 e. The number of aromatic amines is 1. The molecule has 1 heterocycles. The number of hydrogen-bond acceptors (Lipinski definition) is 2. The van der Waals surface area contributed by atoms with Gasteiger partial charge in [0.15, 0.2) is 5.78 Å². The van der Waals surface area contributed by atoms with E-state index in [9.17, 15) is 4.79 Å². The van der Waals surface area contributed by atoms with Crippen molar-refractivity contribution >= 4 is 63.3 Å². The standard InChI is InChI=1S/C16H10Cl3NOS/c1-8(21)15-13-7-9(17)2-3-14(13)20-16(15)22-12-5-10(18)4-11(19)6-12/h2-7,20H,1H3. The number of ketones is 1. The summed E-state index contributed by atoms with van der Waals surface area (Å²) in [5, 5.41) is 3.27. The molecule has 0 unspecified atom stereocenters. The molecule has 112 valence electrons. The van der Waals surface area contributed by atoms with Crippen LogP contribution in [0.15, 0.2) is 46.3 Å². The van der Waals surface area contributed by atoms with E-state index >= 15 is 0 Å². The van der Waals surface area contributed by atoms with Crippen molar-refractivity contribution in [3.8, 4) is 0 Å². The van der Waals surface area contributed by atoms with E-state index in [1.54, 1.807) is 37.3 Å². The third-order valence-corrected chi connectivity index (χ3v) is 4.79. The van der Waals surface area contributed by atoms with E-state index < -0.39 is 0 Å². The number of aromatic nitrogens is 1. The Labute approximate surface area is 146 Å². The van der Waals surface area contributed by atoms with Crippen LogP contribution in [0.25, 0.3) is 10.9 Å². The predicted molar refractivity (Wildman–Crippen MR) is 93.9 cm³/mol. The Morgan fingerprint density at radius 3 is 2.32 bits per heavy atom. The molecule has 0 radical (unpaired) electrons. The SMILES string of the molecule is CC(=O)c1c(Sc2cc(Cl)cc(Cl)c2)[nH]c2ccc(Cl)cc12. The highest BCUT2D eigenvalue weighted by Crippen LogP contribution is 2.37. The second-order valence-electron chi connectivity index (χ2n) is 4.78. The normalized spacial score (nSPS) is 11.1. The van der Waals surface area contributed by atoms with Gasteiger partial charge in [0.05, 0.1) is 10.6 Å². The number of nitrogens with one attached hydrogen (secondary N) is 1. The van der Waals surface area contributed by atoms with Crippen LogP contribution in [0, 0.1) is 0 Å². The zero-order chi connectivity index (χ0) is 15.9. The van der Waals surface area contributed by atoms with E-state index in [-0.39, 0.29) is 5.78 Å². The number of carbonyl (C=O) groups excluding carboxylic acids is 1. The minimum atomic E-state index is -0.0239. The first-order chi connectivity index (χ1) is 10.4. The Balaban J connectivity index is 2.13. The van der Waals surface area contributed by atoms with E-state index in [1.165, 1.54) is 11.8 Å². The van der Waals surface area contributed by atoms with Gasteiger partial charge in [0.1, 0.15) is 0 Å². The number of H-pyrrole nitrogens is 1. The van der Waals surface area contributed by atoms with Crippen LogP contribution >= 0.6 is 46.6 Å². The number of fused-ring (bicyclic) bond motifs is 1. The molecule has 2 aromatic carbocycles. The lowest BCUT2D eigenvalue weighted by Crippen LogP contribution is -1.92. The summed E-state index contributed by atoms with van der Waals surface area (Å²) in [5.41, 5.74) is 1.49. The van der Waals surface area contributed by atoms with Crippen molar-refractivity contribution in [3.63, 3.8) is 0 Å². The Hall–Kier alpha value is -1.13. The fourth-order valence-electron chi connectivity index (χ4n) is 2.27. The summed E-state index contributed by atoms with van der Waals surface area (Å²) in [6, 6.07) is 10.7. The van der Waals surface area contributed by atoms with Crippen LogP contribution in [0.4, 0.5) is 0 Å². The van der Waals surface area contributed by atoms with E-state index in [2.05, 4.69) is 4.98 Å². The highest BCUT2D eigenvalue weighted by molar-refractivity contribution is 7.99. The molecule has 1 N–H and O–H groups in total. The maximum Gasteiger partial charge on any atom is 0.163 e. The van der Waals surface area contributed by atoms with E-state index in [4.69, 9.17) is 34.8 Å². The third-order valence-electron chi connectivity index (χ3n) is 3.13. The van der Waals surface area contributed by atoms with E-state index in [0.29, 0.717) is 20.6 Å². The van der Waals surface area contributed by atoms with Crippen LogP contribution in [0.5, 0.6) is 0 Å². The van der Waals surface area contributed by atoms with Gasteiger partial charge in [-0.1, -0.05) is 46.6 Å². The van der Waals surface area contributed by atoms with Crippen molar-refractivity contribution in [3.05, 3.63) is 57.0 Å². The highest BCUT2D eigenvalue weighted by atomic mass is 35.5. The van der Waals surface area contributed by atoms with Gasteiger partial charge in [-0.15, -0.1) is 0 Å². The summed E-state index contributed by atoms with van der Waals surface area (Å²) in [7, 11) is 0. The molecule has 0 fully saturated rings. The van der Waals surface area contributed by atoms with Gasteiger partial charge in [-0.3, -0.25) is 4.79 Å². The predicted octanol–water partition coefficient (Wildman–Crippen LogP) is 6.48. The lowest BCUT2D eigenvalue weighted by Gasteiger charge is -2.03. The van der Waals surface area contributed by atoms with Crippen LogP contribution in [-0.4, -0.2) is 10.8 Å². The van der Waals surface area contributed by atoms with Crippen molar-refractivity contribution in [2.24, 2.45) is 0 Å². The molecule has 3 aromatic rings. The average Bonchev–Trinajstić information content (AvgIpc) is 2.74. The maximum atomic E-state index is 12.0. The van der Waals surface area contributed by atoms with Crippen molar-refractivity contribution in [2.75, 3.05) is 0 Å². The van der Waals surface area contributed by atoms with Crippen molar-refractivity contribution in [1.82, 2.24) is 4.98 Å². The zero-order valence-corrected chi connectivity index (χ0v) is 14.5. The first-order valence-electron chi connectivity index (χ1n) is 6.40. The largest absolute Gasteiger partial charge is 0.349 e. The fraction of sp³-hybridized carbons (Fsp3) is 0.0625. The van der Waals surface area contributed by atoms with Crippen molar-refractivity contribution in [2.45, 2.75) is 16.8 Å². The monoisotopic (exact) mass is 369 g/mol. The van der Waals surface area contributed by atoms with E-state index in [1.807, 2.05) is 6.07 Å². The topological polar surface area (TPSA) is 32.9 Å². The second-order valence-corrected chi connectivity index (χ2v) is 7.18. The first-order valence-corrected chi connectivity index (χ1v) is 8.35. The van der Waals surface area contributed by atoms with Crippen molar-refractivity contribution in [1.29, 1.82) is 0 Å². The molecule has 2 nitrogen and oxygen atoms in total. The van der Waals surface area contributed by atoms with Gasteiger partial charge < -0.3 is 4.98 Å². The number of Topliss-reactive ketones (excluding diaryl/α,β-unsaturated/α-hetero) is 1. The summed E-state index contributed by atoms with van der Waals surface area (Å²) in [4.78, 5) is 16.2. The molecule has 22 heavy (non-hydrogen) atoms. The fourth-order valence-corrected chi connectivity index (χ4v) is 4.22. The highest BCUT2D eigenvalue weighted by Gasteiger charge is 2.17. The number of carbonyl (C=O) groups is 1. The van der Waals surface area contributed by atoms with Crippen molar-refractivity contribution < 1.29 is 4.79 Å². The maximum absolute atomic E-state index is 12.0. The Morgan fingerprint density at radius 1 is 1.00 bits per heavy atom. The van der Waals surface area contributed by atoms with Gasteiger partial charge in [0.2, 0.25) is 0 Å². The molecular weight excluding hydrogens is 361 g/mol. The quantitative estimate of drug-likeness (QED) is 0.535. The van der Waals surface area contributed by atoms with Crippen LogP contribution in [0.1, 0.15) is 17.3 Å². The number of hydrogen-bond donors (Lipinski definition) is 1. The minimum absolute atomic E-state index is 0.0239. The second kappa shape index (κ2) is 6.17. The summed E-state index contributed by atoms with van der Waals surface area (Å²) >= 11 is 19.5. The summed E-state index contributed by atoms with van der Waals surface area (Å²) in [6.45, 7) is 1.54. The zero-order valence-electron chi connectivity index (χ0n) is 11.4. The third kappa shape index (κ3) is 3.13. The molecule has 0 aliphatic heterocycles. The van der Waals surface area contributed by atoms with Gasteiger partial charge in [-0.25, -0.2) is 0 Å². The van der Waals surface area contributed by atoms with Gasteiger partial charge in [-0.05, 0) is 43.3 Å². The Morgan fingerprint density at radius 2 is 1.68 bits per heavy atom. The van der Waals surface area contributed by atoms with Crippen LogP contribution in [0.3, 0.4) is 0 Å². The average molecular weight is 371 g/mol. The molecule has 1 aromatic heterocycles. The molecule has 0 bridgehead atoms. The lowest BCUT2D eigenvalue weighted by molar-refractivity contribution is 0.101. The lowest BCUT2D eigenvalue weighted by atomic mass is 10.1. The summed E-state index contributed by atoms with van der Waals surface area (Å²) in [5.74, 6) is -0.0239. The number of halogens is 3. The van der Waals surface area contributed by atoms with Gasteiger partial charge in [0.25, 0.3) is 0 Å². The molecule has 0 saturated heterocycles. The van der Waals surface area contributed by atoms with Gasteiger partial charge in [-0.2, -0.15) is 0 Å². The molecule has 0 spiro atoms. The smallest absolute Gasteiger partial charge is 0.163 e. The Kier molecular flexibility index (Phi) is 4.42. The molecule has 6 heteroatoms. The molecule has 0 aliphatic rings. The number of benzene rings is 2. The van der Waals surface area contributed by atoms with Gasteiger partial charge in [0, 0.05) is 30.9 Å². The van der Waals surface area contributed by atoms with E-state index in [0.717, 1.165) is 20.8 Å². The molecule has 0 aliphatic carbocycles. The molecular formula is C16H10Cl3NOS. The molecule has 3 rings (SSSR count). The van der Waals surface area contributed by atoms with Crippen LogP contribution in [-0.2, 0) is 0 Å². The van der Waals surface area contributed by atoms with Crippen LogP contribution in [0.2, 0.25) is 15.1 Å². The Bertz CT molecular complexity index is 868. The number of rotatable bonds is 3. The van der Waals surface area contributed by atoms with Crippen LogP contribution < -0.4 is 0 Å².